The molecule has 1 aliphatic heterocycles. The van der Waals surface area contributed by atoms with Gasteiger partial charge in [-0.2, -0.15) is 5.10 Å². The predicted octanol–water partition coefficient (Wildman–Crippen LogP) is 2.79. The minimum absolute atomic E-state index is 0.0318. The summed E-state index contributed by atoms with van der Waals surface area (Å²) < 4.78 is 4.17. The molecule has 142 valence electrons. The second-order valence-corrected chi connectivity index (χ2v) is 8.24. The Bertz CT molecular complexity index is 1050. The van der Waals surface area contributed by atoms with Crippen molar-refractivity contribution in [2.24, 2.45) is 7.05 Å². The molecule has 1 unspecified atom stereocenters. The zero-order chi connectivity index (χ0) is 19.1. The Morgan fingerprint density at radius 3 is 2.93 bits per heavy atom. The number of piperidine rings is 1. The number of amides is 1. The molecule has 0 spiro atoms. The Kier molecular flexibility index (Phi) is 4.59. The number of nitrogens with zero attached hydrogens (tertiary/aromatic N) is 5. The van der Waals surface area contributed by atoms with E-state index in [0.717, 1.165) is 35.4 Å². The maximum absolute atomic E-state index is 13.0. The summed E-state index contributed by atoms with van der Waals surface area (Å²) in [7, 11) is 1.68. The number of carbonyl (C=O) groups is 1. The molecule has 1 amide bonds. The molecule has 0 aliphatic carbocycles. The summed E-state index contributed by atoms with van der Waals surface area (Å²) in [5, 5.41) is 4.48. The van der Waals surface area contributed by atoms with Crippen molar-refractivity contribution in [2.45, 2.75) is 38.6 Å². The third-order valence-corrected chi connectivity index (χ3v) is 5.94. The summed E-state index contributed by atoms with van der Waals surface area (Å²) in [6.45, 7) is 5.29. The van der Waals surface area contributed by atoms with Crippen molar-refractivity contribution in [3.63, 3.8) is 0 Å². The van der Waals surface area contributed by atoms with Crippen LogP contribution in [-0.4, -0.2) is 43.2 Å². The second-order valence-electron chi connectivity index (χ2n) is 7.35. The van der Waals surface area contributed by atoms with Gasteiger partial charge < -0.3 is 4.90 Å². The van der Waals surface area contributed by atoms with Crippen LogP contribution in [0.5, 0.6) is 0 Å². The highest BCUT2D eigenvalue weighted by molar-refractivity contribution is 7.16. The number of thiazole rings is 1. The SMILES string of the molecule is CC(C)n1c(C2CCCN(C(=O)c3ccc4ncsc4c3)C2)nn(C)c1=O. The fourth-order valence-electron chi connectivity index (χ4n) is 3.81. The van der Waals surface area contributed by atoms with Gasteiger partial charge in [0.15, 0.2) is 0 Å². The summed E-state index contributed by atoms with van der Waals surface area (Å²) in [5.74, 6) is 0.892. The minimum atomic E-state index is -0.0981. The Labute approximate surface area is 161 Å². The van der Waals surface area contributed by atoms with Crippen LogP contribution < -0.4 is 5.69 Å². The normalized spacial score (nSPS) is 17.8. The van der Waals surface area contributed by atoms with Gasteiger partial charge in [-0.05, 0) is 44.9 Å². The molecule has 2 aromatic heterocycles. The van der Waals surface area contributed by atoms with Crippen molar-refractivity contribution < 1.29 is 4.79 Å². The highest BCUT2D eigenvalue weighted by Crippen LogP contribution is 2.28. The van der Waals surface area contributed by atoms with E-state index in [2.05, 4.69) is 10.1 Å². The number of benzene rings is 1. The molecule has 7 nitrogen and oxygen atoms in total. The summed E-state index contributed by atoms with van der Waals surface area (Å²) in [5.41, 5.74) is 3.30. The lowest BCUT2D eigenvalue weighted by atomic mass is 9.96. The third-order valence-electron chi connectivity index (χ3n) is 5.15. The van der Waals surface area contributed by atoms with Crippen molar-refractivity contribution in [1.82, 2.24) is 24.2 Å². The quantitative estimate of drug-likeness (QED) is 0.695. The predicted molar refractivity (Wildman–Crippen MR) is 105 cm³/mol. The largest absolute Gasteiger partial charge is 0.345 e. The first-order valence-corrected chi connectivity index (χ1v) is 10.1. The van der Waals surface area contributed by atoms with Gasteiger partial charge in [0.05, 0.1) is 15.7 Å². The summed E-state index contributed by atoms with van der Waals surface area (Å²) in [6.07, 6.45) is 1.84. The van der Waals surface area contributed by atoms with E-state index in [4.69, 9.17) is 0 Å². The van der Waals surface area contributed by atoms with Crippen LogP contribution >= 0.6 is 11.3 Å². The highest BCUT2D eigenvalue weighted by Gasteiger charge is 2.30. The molecule has 1 fully saturated rings. The number of carbonyl (C=O) groups excluding carboxylic acids is 1. The molecule has 1 saturated heterocycles. The molecular formula is C19H23N5O2S. The summed E-state index contributed by atoms with van der Waals surface area (Å²) >= 11 is 1.54. The molecule has 3 heterocycles. The first kappa shape index (κ1) is 17.9. The molecular weight excluding hydrogens is 362 g/mol. The number of aryl methyl sites for hydroxylation is 1. The second kappa shape index (κ2) is 6.92. The van der Waals surface area contributed by atoms with Crippen molar-refractivity contribution >= 4 is 27.5 Å². The third kappa shape index (κ3) is 3.18. The van der Waals surface area contributed by atoms with Gasteiger partial charge in [-0.15, -0.1) is 11.3 Å². The molecule has 1 atom stereocenters. The van der Waals surface area contributed by atoms with E-state index < -0.39 is 0 Å². The van der Waals surface area contributed by atoms with Crippen LogP contribution in [0.2, 0.25) is 0 Å². The van der Waals surface area contributed by atoms with Gasteiger partial charge in [-0.3, -0.25) is 9.36 Å². The van der Waals surface area contributed by atoms with Crippen LogP contribution in [0.3, 0.4) is 0 Å². The van der Waals surface area contributed by atoms with Crippen LogP contribution in [0.4, 0.5) is 0 Å². The Morgan fingerprint density at radius 1 is 1.33 bits per heavy atom. The topological polar surface area (TPSA) is 73.0 Å². The lowest BCUT2D eigenvalue weighted by molar-refractivity contribution is 0.0703. The van der Waals surface area contributed by atoms with Crippen molar-refractivity contribution in [2.75, 3.05) is 13.1 Å². The van der Waals surface area contributed by atoms with E-state index >= 15 is 0 Å². The first-order valence-electron chi connectivity index (χ1n) is 9.23. The molecule has 4 rings (SSSR count). The van der Waals surface area contributed by atoms with Gasteiger partial charge in [-0.1, -0.05) is 0 Å². The van der Waals surface area contributed by atoms with E-state index in [0.29, 0.717) is 12.1 Å². The van der Waals surface area contributed by atoms with Crippen molar-refractivity contribution in [1.29, 1.82) is 0 Å². The first-order chi connectivity index (χ1) is 13.0. The molecule has 1 aliphatic rings. The molecule has 0 radical (unpaired) electrons. The fourth-order valence-corrected chi connectivity index (χ4v) is 4.52. The van der Waals surface area contributed by atoms with Gasteiger partial charge >= 0.3 is 5.69 Å². The fraction of sp³-hybridized carbons (Fsp3) is 0.474. The zero-order valence-electron chi connectivity index (χ0n) is 15.8. The van der Waals surface area contributed by atoms with E-state index in [1.807, 2.05) is 36.9 Å². The number of hydrogen-bond donors (Lipinski definition) is 0. The molecule has 27 heavy (non-hydrogen) atoms. The Hall–Kier alpha value is -2.48. The maximum Gasteiger partial charge on any atom is 0.345 e. The molecule has 0 bridgehead atoms. The molecule has 0 saturated carbocycles. The monoisotopic (exact) mass is 385 g/mol. The van der Waals surface area contributed by atoms with Crippen molar-refractivity contribution in [3.8, 4) is 0 Å². The van der Waals surface area contributed by atoms with Crippen LogP contribution in [0.1, 0.15) is 54.8 Å². The number of aromatic nitrogens is 4. The molecule has 8 heteroatoms. The lowest BCUT2D eigenvalue weighted by Gasteiger charge is -2.32. The summed E-state index contributed by atoms with van der Waals surface area (Å²) in [4.78, 5) is 31.6. The van der Waals surface area contributed by atoms with Crippen LogP contribution in [0, 0.1) is 0 Å². The Morgan fingerprint density at radius 2 is 2.15 bits per heavy atom. The van der Waals surface area contributed by atoms with E-state index in [1.165, 1.54) is 16.0 Å². The lowest BCUT2D eigenvalue weighted by Crippen LogP contribution is -2.40. The number of hydrogen-bond acceptors (Lipinski definition) is 5. The van der Waals surface area contributed by atoms with Gasteiger partial charge in [0.1, 0.15) is 5.82 Å². The number of fused-ring (bicyclic) bond motifs is 1. The number of likely N-dealkylation sites (tertiary alicyclic amines) is 1. The zero-order valence-corrected chi connectivity index (χ0v) is 16.6. The highest BCUT2D eigenvalue weighted by atomic mass is 32.1. The van der Waals surface area contributed by atoms with E-state index in [-0.39, 0.29) is 23.6 Å². The van der Waals surface area contributed by atoms with Crippen LogP contribution in [-0.2, 0) is 7.05 Å². The van der Waals surface area contributed by atoms with E-state index in [1.54, 1.807) is 17.1 Å². The maximum atomic E-state index is 13.0. The van der Waals surface area contributed by atoms with Crippen LogP contribution in [0.15, 0.2) is 28.5 Å². The summed E-state index contributed by atoms with van der Waals surface area (Å²) in [6, 6.07) is 5.71. The molecule has 3 aromatic rings. The molecule has 1 aromatic carbocycles. The van der Waals surface area contributed by atoms with Gasteiger partial charge in [0, 0.05) is 37.7 Å². The van der Waals surface area contributed by atoms with Crippen molar-refractivity contribution in [3.05, 3.63) is 45.6 Å². The number of rotatable bonds is 3. The molecule has 0 N–H and O–H groups in total. The van der Waals surface area contributed by atoms with Gasteiger partial charge in [0.2, 0.25) is 0 Å². The Balaban J connectivity index is 1.60. The standard InChI is InChI=1S/C19H23N5O2S/c1-12(2)24-17(21-22(3)19(24)26)14-5-4-8-23(10-14)18(25)13-6-7-15-16(9-13)27-11-20-15/h6-7,9,11-12,14H,4-5,8,10H2,1-3H3. The van der Waals surface area contributed by atoms with Crippen LogP contribution in [0.25, 0.3) is 10.2 Å². The average molecular weight is 385 g/mol. The average Bonchev–Trinajstić information content (AvgIpc) is 3.25. The van der Waals surface area contributed by atoms with Gasteiger partial charge in [0.25, 0.3) is 5.91 Å². The minimum Gasteiger partial charge on any atom is -0.338 e. The smallest absolute Gasteiger partial charge is 0.338 e. The van der Waals surface area contributed by atoms with Gasteiger partial charge in [-0.25, -0.2) is 14.5 Å². The van der Waals surface area contributed by atoms with E-state index in [9.17, 15) is 9.59 Å².